The lowest BCUT2D eigenvalue weighted by Crippen LogP contribution is -2.02. The summed E-state index contributed by atoms with van der Waals surface area (Å²) in [5, 5.41) is 4.48. The summed E-state index contributed by atoms with van der Waals surface area (Å²) in [6.07, 6.45) is 3.64. The highest BCUT2D eigenvalue weighted by atomic mass is 127. The van der Waals surface area contributed by atoms with Crippen LogP contribution in [0.3, 0.4) is 0 Å². The molecule has 2 aromatic heterocycles. The molecule has 0 atom stereocenters. The number of imidazole rings is 1. The molecule has 0 saturated carbocycles. The van der Waals surface area contributed by atoms with Gasteiger partial charge in [-0.1, -0.05) is 13.8 Å². The van der Waals surface area contributed by atoms with E-state index in [2.05, 4.69) is 52.6 Å². The van der Waals surface area contributed by atoms with Crippen LogP contribution in [0.25, 0.3) is 5.65 Å². The zero-order chi connectivity index (χ0) is 9.42. The molecule has 0 amide bonds. The van der Waals surface area contributed by atoms with Crippen LogP contribution in [0.4, 0.5) is 0 Å². The molecule has 0 unspecified atom stereocenters. The fourth-order valence-electron chi connectivity index (χ4n) is 1.24. The van der Waals surface area contributed by atoms with Crippen LogP contribution in [-0.2, 0) is 0 Å². The summed E-state index contributed by atoms with van der Waals surface area (Å²) in [4.78, 5) is 4.18. The van der Waals surface area contributed by atoms with Gasteiger partial charge in [0.05, 0.1) is 5.69 Å². The smallest absolute Gasteiger partial charge is 0.154 e. The molecule has 2 rings (SSSR count). The predicted molar refractivity (Wildman–Crippen MR) is 59.8 cm³/mol. The van der Waals surface area contributed by atoms with Gasteiger partial charge in [-0.25, -0.2) is 9.50 Å². The summed E-state index contributed by atoms with van der Waals surface area (Å²) < 4.78 is 3.00. The van der Waals surface area contributed by atoms with Crippen molar-refractivity contribution in [2.24, 2.45) is 0 Å². The molecule has 0 fully saturated rings. The first-order chi connectivity index (χ1) is 6.18. The van der Waals surface area contributed by atoms with E-state index in [0.29, 0.717) is 5.92 Å². The van der Waals surface area contributed by atoms with E-state index in [4.69, 9.17) is 0 Å². The highest BCUT2D eigenvalue weighted by molar-refractivity contribution is 14.1. The third-order valence-electron chi connectivity index (χ3n) is 1.91. The molecule has 0 radical (unpaired) electrons. The maximum atomic E-state index is 4.48. The fourth-order valence-corrected chi connectivity index (χ4v) is 2.25. The predicted octanol–water partition coefficient (Wildman–Crippen LogP) is 2.46. The second kappa shape index (κ2) is 3.25. The number of rotatable bonds is 1. The van der Waals surface area contributed by atoms with E-state index in [1.54, 1.807) is 6.20 Å². The maximum Gasteiger partial charge on any atom is 0.154 e. The van der Waals surface area contributed by atoms with Crippen molar-refractivity contribution >= 4 is 28.2 Å². The van der Waals surface area contributed by atoms with Crippen molar-refractivity contribution in [3.05, 3.63) is 27.7 Å². The average molecular weight is 287 g/mol. The molecule has 0 aliphatic heterocycles. The van der Waals surface area contributed by atoms with E-state index in [0.717, 1.165) is 11.3 Å². The molecule has 2 heterocycles. The first-order valence-electron chi connectivity index (χ1n) is 4.18. The van der Waals surface area contributed by atoms with Crippen LogP contribution < -0.4 is 0 Å². The molecule has 0 aliphatic rings. The number of hydrogen-bond acceptors (Lipinski definition) is 2. The number of fused-ring (bicyclic) bond motifs is 1. The summed E-state index contributed by atoms with van der Waals surface area (Å²) in [6, 6.07) is 2.06. The van der Waals surface area contributed by atoms with Crippen LogP contribution in [0.5, 0.6) is 0 Å². The monoisotopic (exact) mass is 287 g/mol. The largest absolute Gasteiger partial charge is 0.235 e. The summed E-state index contributed by atoms with van der Waals surface area (Å²) in [6.45, 7) is 4.29. The molecule has 0 saturated heterocycles. The Balaban J connectivity index is 2.69. The maximum absolute atomic E-state index is 4.48. The van der Waals surface area contributed by atoms with Crippen LogP contribution in [0, 0.1) is 3.57 Å². The molecule has 0 N–H and O–H groups in total. The van der Waals surface area contributed by atoms with Crippen molar-refractivity contribution in [2.75, 3.05) is 0 Å². The molecule has 4 heteroatoms. The number of aromatic nitrogens is 3. The van der Waals surface area contributed by atoms with Crippen molar-refractivity contribution in [2.45, 2.75) is 19.8 Å². The third kappa shape index (κ3) is 1.54. The van der Waals surface area contributed by atoms with Gasteiger partial charge in [-0.2, -0.15) is 5.10 Å². The SMILES string of the molecule is CC(C)c1nn2ccnc2cc1I. The van der Waals surface area contributed by atoms with Crippen LogP contribution in [-0.4, -0.2) is 14.6 Å². The lowest BCUT2D eigenvalue weighted by molar-refractivity contribution is 0.756. The molecule has 0 aromatic carbocycles. The van der Waals surface area contributed by atoms with Gasteiger partial charge in [0.1, 0.15) is 0 Å². The second-order valence-corrected chi connectivity index (χ2v) is 4.42. The minimum atomic E-state index is 0.457. The highest BCUT2D eigenvalue weighted by Crippen LogP contribution is 2.19. The average Bonchev–Trinajstić information content (AvgIpc) is 2.48. The van der Waals surface area contributed by atoms with Crippen molar-refractivity contribution < 1.29 is 0 Å². The molecule has 0 spiro atoms. The number of halogens is 1. The van der Waals surface area contributed by atoms with E-state index in [9.17, 15) is 0 Å². The molecular weight excluding hydrogens is 277 g/mol. The Kier molecular flexibility index (Phi) is 2.23. The summed E-state index contributed by atoms with van der Waals surface area (Å²) in [5.74, 6) is 0.457. The Morgan fingerprint density at radius 2 is 2.23 bits per heavy atom. The van der Waals surface area contributed by atoms with Crippen LogP contribution in [0.1, 0.15) is 25.5 Å². The Labute approximate surface area is 90.3 Å². The number of nitrogens with zero attached hydrogens (tertiary/aromatic N) is 3. The van der Waals surface area contributed by atoms with Gasteiger partial charge < -0.3 is 0 Å². The third-order valence-corrected chi connectivity index (χ3v) is 2.78. The van der Waals surface area contributed by atoms with Gasteiger partial charge in [0.2, 0.25) is 0 Å². The Morgan fingerprint density at radius 1 is 1.46 bits per heavy atom. The topological polar surface area (TPSA) is 30.2 Å². The van der Waals surface area contributed by atoms with Crippen molar-refractivity contribution in [1.82, 2.24) is 14.6 Å². The molecule has 68 valence electrons. The van der Waals surface area contributed by atoms with Crippen LogP contribution in [0.15, 0.2) is 18.5 Å². The molecule has 0 aliphatic carbocycles. The van der Waals surface area contributed by atoms with Crippen molar-refractivity contribution in [3.63, 3.8) is 0 Å². The molecule has 3 nitrogen and oxygen atoms in total. The summed E-state index contributed by atoms with van der Waals surface area (Å²) in [7, 11) is 0. The summed E-state index contributed by atoms with van der Waals surface area (Å²) in [5.41, 5.74) is 2.04. The normalized spacial score (nSPS) is 11.4. The van der Waals surface area contributed by atoms with Gasteiger partial charge in [0, 0.05) is 16.0 Å². The zero-order valence-corrected chi connectivity index (χ0v) is 9.69. The Bertz CT molecular complexity index is 433. The van der Waals surface area contributed by atoms with Gasteiger partial charge in [0.25, 0.3) is 0 Å². The Morgan fingerprint density at radius 3 is 2.92 bits per heavy atom. The fraction of sp³-hybridized carbons (Fsp3) is 0.333. The van der Waals surface area contributed by atoms with Gasteiger partial charge in [0.15, 0.2) is 5.65 Å². The van der Waals surface area contributed by atoms with Gasteiger partial charge in [-0.15, -0.1) is 0 Å². The first-order valence-corrected chi connectivity index (χ1v) is 5.26. The molecular formula is C9H10IN3. The first kappa shape index (κ1) is 8.93. The molecule has 13 heavy (non-hydrogen) atoms. The van der Waals surface area contributed by atoms with Crippen molar-refractivity contribution in [3.8, 4) is 0 Å². The summed E-state index contributed by atoms with van der Waals surface area (Å²) >= 11 is 2.31. The van der Waals surface area contributed by atoms with E-state index in [-0.39, 0.29) is 0 Å². The minimum Gasteiger partial charge on any atom is -0.235 e. The quantitative estimate of drug-likeness (QED) is 0.754. The van der Waals surface area contributed by atoms with E-state index >= 15 is 0 Å². The standard InChI is InChI=1S/C9H10IN3/c1-6(2)9-7(10)5-8-11-3-4-13(8)12-9/h3-6H,1-2H3. The zero-order valence-electron chi connectivity index (χ0n) is 7.53. The Hall–Kier alpha value is -0.650. The number of hydrogen-bond donors (Lipinski definition) is 0. The van der Waals surface area contributed by atoms with E-state index in [1.165, 1.54) is 3.57 Å². The highest BCUT2D eigenvalue weighted by Gasteiger charge is 2.08. The lowest BCUT2D eigenvalue weighted by atomic mass is 10.1. The van der Waals surface area contributed by atoms with Crippen LogP contribution >= 0.6 is 22.6 Å². The lowest BCUT2D eigenvalue weighted by Gasteiger charge is -2.06. The van der Waals surface area contributed by atoms with Gasteiger partial charge in [-0.3, -0.25) is 0 Å². The van der Waals surface area contributed by atoms with Crippen LogP contribution in [0.2, 0.25) is 0 Å². The van der Waals surface area contributed by atoms with Gasteiger partial charge in [-0.05, 0) is 34.6 Å². The minimum absolute atomic E-state index is 0.457. The van der Waals surface area contributed by atoms with E-state index in [1.807, 2.05) is 10.7 Å². The molecule has 0 bridgehead atoms. The van der Waals surface area contributed by atoms with Crippen molar-refractivity contribution in [1.29, 1.82) is 0 Å². The molecule has 2 aromatic rings. The second-order valence-electron chi connectivity index (χ2n) is 3.26. The van der Waals surface area contributed by atoms with Gasteiger partial charge >= 0.3 is 0 Å². The van der Waals surface area contributed by atoms with E-state index < -0.39 is 0 Å².